The van der Waals surface area contributed by atoms with E-state index in [0.29, 0.717) is 11.7 Å². The number of methoxy groups -OCH3 is 1. The smallest absolute Gasteiger partial charge is 0.211 e. The van der Waals surface area contributed by atoms with Crippen LogP contribution in [0.15, 0.2) is 47.6 Å². The largest absolute Gasteiger partial charge is 0.497 e. The summed E-state index contributed by atoms with van der Waals surface area (Å²) >= 11 is 1.61. The van der Waals surface area contributed by atoms with Crippen molar-refractivity contribution in [3.63, 3.8) is 0 Å². The van der Waals surface area contributed by atoms with E-state index in [1.54, 1.807) is 31.0 Å². The second-order valence-corrected chi connectivity index (χ2v) is 8.73. The molecule has 9 heteroatoms. The molecular formula is C23H24FN5O2S. The monoisotopic (exact) mass is 453 g/mol. The van der Waals surface area contributed by atoms with Gasteiger partial charge in [0.05, 0.1) is 25.8 Å². The van der Waals surface area contributed by atoms with Crippen molar-refractivity contribution in [2.45, 2.75) is 11.7 Å². The highest BCUT2D eigenvalue weighted by atomic mass is 32.2. The van der Waals surface area contributed by atoms with Gasteiger partial charge in [-0.1, -0.05) is 23.9 Å². The number of fused-ring (bicyclic) bond motifs is 3. The Kier molecular flexibility index (Phi) is 6.20. The molecule has 1 aliphatic rings. The minimum absolute atomic E-state index is 0.247. The molecule has 2 aromatic carbocycles. The summed E-state index contributed by atoms with van der Waals surface area (Å²) < 4.78 is 26.3. The summed E-state index contributed by atoms with van der Waals surface area (Å²) in [4.78, 5) is 7.25. The fraction of sp³-hybridized carbons (Fsp3) is 0.348. The average Bonchev–Trinajstić information content (AvgIpc) is 3.13. The first-order valence-corrected chi connectivity index (χ1v) is 11.6. The van der Waals surface area contributed by atoms with Crippen LogP contribution < -0.4 is 4.74 Å². The molecule has 0 spiro atoms. The Bertz CT molecular complexity index is 1220. The van der Waals surface area contributed by atoms with E-state index in [-0.39, 0.29) is 5.82 Å². The molecule has 0 unspecified atom stereocenters. The molecule has 1 aliphatic heterocycles. The number of thioether (sulfide) groups is 1. The zero-order valence-corrected chi connectivity index (χ0v) is 18.6. The highest BCUT2D eigenvalue weighted by molar-refractivity contribution is 7.99. The molecule has 5 rings (SSSR count). The molecule has 1 fully saturated rings. The zero-order valence-electron chi connectivity index (χ0n) is 17.8. The average molecular weight is 454 g/mol. The van der Waals surface area contributed by atoms with Crippen LogP contribution in [0.2, 0.25) is 0 Å². The fourth-order valence-electron chi connectivity index (χ4n) is 3.93. The van der Waals surface area contributed by atoms with E-state index in [0.717, 1.165) is 72.0 Å². The van der Waals surface area contributed by atoms with Gasteiger partial charge in [-0.15, -0.1) is 10.2 Å². The quantitative estimate of drug-likeness (QED) is 0.396. The summed E-state index contributed by atoms with van der Waals surface area (Å²) in [6.07, 6.45) is 0. The van der Waals surface area contributed by atoms with Gasteiger partial charge in [0.15, 0.2) is 5.65 Å². The van der Waals surface area contributed by atoms with Gasteiger partial charge >= 0.3 is 0 Å². The zero-order chi connectivity index (χ0) is 21.9. The van der Waals surface area contributed by atoms with Gasteiger partial charge in [-0.2, -0.15) is 0 Å². The van der Waals surface area contributed by atoms with Gasteiger partial charge in [-0.05, 0) is 35.9 Å². The first-order valence-electron chi connectivity index (χ1n) is 10.6. The lowest BCUT2D eigenvalue weighted by atomic mass is 10.2. The Morgan fingerprint density at radius 1 is 1.09 bits per heavy atom. The van der Waals surface area contributed by atoms with Gasteiger partial charge < -0.3 is 14.0 Å². The molecule has 2 aromatic heterocycles. The van der Waals surface area contributed by atoms with E-state index in [2.05, 4.69) is 19.7 Å². The van der Waals surface area contributed by atoms with E-state index in [4.69, 9.17) is 14.5 Å². The van der Waals surface area contributed by atoms with Crippen LogP contribution in [0.3, 0.4) is 0 Å². The summed E-state index contributed by atoms with van der Waals surface area (Å²) in [5.74, 6) is 1.40. The van der Waals surface area contributed by atoms with Crippen LogP contribution in [0.4, 0.5) is 4.39 Å². The van der Waals surface area contributed by atoms with Crippen LogP contribution in [0.25, 0.3) is 22.1 Å². The molecule has 32 heavy (non-hydrogen) atoms. The Morgan fingerprint density at radius 3 is 2.69 bits per heavy atom. The number of morpholine rings is 1. The van der Waals surface area contributed by atoms with E-state index in [1.165, 1.54) is 12.1 Å². The van der Waals surface area contributed by atoms with Gasteiger partial charge in [0, 0.05) is 37.3 Å². The van der Waals surface area contributed by atoms with Crippen molar-refractivity contribution in [2.75, 3.05) is 45.7 Å². The van der Waals surface area contributed by atoms with Crippen LogP contribution in [0, 0.1) is 5.82 Å². The number of halogens is 1. The second kappa shape index (κ2) is 9.40. The lowest BCUT2D eigenvalue weighted by Crippen LogP contribution is -2.37. The molecular weight excluding hydrogens is 429 g/mol. The molecule has 0 saturated carbocycles. The van der Waals surface area contributed by atoms with Crippen LogP contribution in [0.1, 0.15) is 5.56 Å². The number of ether oxygens (including phenoxy) is 2. The predicted molar refractivity (Wildman–Crippen MR) is 123 cm³/mol. The molecule has 4 aromatic rings. The number of hydrogen-bond donors (Lipinski definition) is 0. The van der Waals surface area contributed by atoms with Crippen molar-refractivity contribution in [3.05, 3.63) is 53.8 Å². The van der Waals surface area contributed by atoms with Crippen molar-refractivity contribution in [1.82, 2.24) is 24.6 Å². The lowest BCUT2D eigenvalue weighted by Gasteiger charge is -2.26. The standard InChI is InChI=1S/C23H24FN5O2S/c1-30-18-6-7-20-19(14-18)21-22(29(20)15-16-2-4-17(24)5-3-16)25-23(27-26-21)32-13-10-28-8-11-31-12-9-28/h2-7,14H,8-13,15H2,1H3. The molecule has 1 saturated heterocycles. The Balaban J connectivity index is 1.47. The van der Waals surface area contributed by atoms with Gasteiger partial charge in [0.1, 0.15) is 17.1 Å². The summed E-state index contributed by atoms with van der Waals surface area (Å²) in [6.45, 7) is 5.04. The number of hydrogen-bond acceptors (Lipinski definition) is 7. The topological polar surface area (TPSA) is 65.3 Å². The predicted octanol–water partition coefficient (Wildman–Crippen LogP) is 3.60. The lowest BCUT2D eigenvalue weighted by molar-refractivity contribution is 0.0410. The summed E-state index contributed by atoms with van der Waals surface area (Å²) in [5.41, 5.74) is 3.48. The third kappa shape index (κ3) is 4.41. The Morgan fingerprint density at radius 2 is 1.91 bits per heavy atom. The van der Waals surface area contributed by atoms with E-state index >= 15 is 0 Å². The molecule has 0 amide bonds. The van der Waals surface area contributed by atoms with Crippen LogP contribution in [0.5, 0.6) is 5.75 Å². The maximum Gasteiger partial charge on any atom is 0.211 e. The summed E-state index contributed by atoms with van der Waals surface area (Å²) in [5, 5.41) is 10.5. The number of aromatic nitrogens is 4. The molecule has 0 N–H and O–H groups in total. The van der Waals surface area contributed by atoms with Crippen molar-refractivity contribution in [3.8, 4) is 5.75 Å². The highest BCUT2D eigenvalue weighted by Crippen LogP contribution is 2.31. The van der Waals surface area contributed by atoms with Crippen LogP contribution >= 0.6 is 11.8 Å². The molecule has 0 bridgehead atoms. The molecule has 0 aliphatic carbocycles. The number of rotatable bonds is 7. The first-order chi connectivity index (χ1) is 15.7. The van der Waals surface area contributed by atoms with Gasteiger partial charge in [-0.25, -0.2) is 9.37 Å². The van der Waals surface area contributed by atoms with Crippen molar-refractivity contribution < 1.29 is 13.9 Å². The third-order valence-corrected chi connectivity index (χ3v) is 6.47. The maximum absolute atomic E-state index is 13.4. The molecule has 3 heterocycles. The van der Waals surface area contributed by atoms with Crippen molar-refractivity contribution >= 4 is 33.8 Å². The number of benzene rings is 2. The van der Waals surface area contributed by atoms with Crippen molar-refractivity contribution in [2.24, 2.45) is 0 Å². The van der Waals surface area contributed by atoms with Gasteiger partial charge in [0.25, 0.3) is 0 Å². The molecule has 166 valence electrons. The molecule has 0 atom stereocenters. The van der Waals surface area contributed by atoms with Gasteiger partial charge in [-0.3, -0.25) is 4.90 Å². The summed E-state index contributed by atoms with van der Waals surface area (Å²) in [6, 6.07) is 12.4. The van der Waals surface area contributed by atoms with Crippen LogP contribution in [-0.2, 0) is 11.3 Å². The second-order valence-electron chi connectivity index (χ2n) is 7.66. The SMILES string of the molecule is COc1ccc2c(c1)c1nnc(SCCN3CCOCC3)nc1n2Cc1ccc(F)cc1. The fourth-order valence-corrected chi connectivity index (χ4v) is 4.71. The summed E-state index contributed by atoms with van der Waals surface area (Å²) in [7, 11) is 1.64. The molecule has 0 radical (unpaired) electrons. The normalized spacial score (nSPS) is 14.9. The van der Waals surface area contributed by atoms with E-state index < -0.39 is 0 Å². The minimum Gasteiger partial charge on any atom is -0.497 e. The Labute approximate surface area is 189 Å². The van der Waals surface area contributed by atoms with Crippen LogP contribution in [-0.4, -0.2) is 70.4 Å². The van der Waals surface area contributed by atoms with E-state index in [1.807, 2.05) is 18.2 Å². The maximum atomic E-state index is 13.4. The van der Waals surface area contributed by atoms with Crippen molar-refractivity contribution in [1.29, 1.82) is 0 Å². The van der Waals surface area contributed by atoms with E-state index in [9.17, 15) is 4.39 Å². The highest BCUT2D eigenvalue weighted by Gasteiger charge is 2.17. The Hall–Kier alpha value is -2.75. The number of nitrogens with zero attached hydrogens (tertiary/aromatic N) is 5. The minimum atomic E-state index is -0.247. The van der Waals surface area contributed by atoms with Gasteiger partial charge in [0.2, 0.25) is 5.16 Å². The molecule has 7 nitrogen and oxygen atoms in total. The first kappa shape index (κ1) is 21.1. The third-order valence-electron chi connectivity index (χ3n) is 5.65.